The molecule has 0 saturated heterocycles. The van der Waals surface area contributed by atoms with Gasteiger partial charge in [0.2, 0.25) is 0 Å². The van der Waals surface area contributed by atoms with Crippen LogP contribution in [0.4, 0.5) is 10.5 Å². The third-order valence-electron chi connectivity index (χ3n) is 4.53. The Kier molecular flexibility index (Phi) is 6.52. The number of anilines is 1. The van der Waals surface area contributed by atoms with Crippen LogP contribution in [0.3, 0.4) is 0 Å². The molecule has 0 aliphatic carbocycles. The SMILES string of the molecule is COc1ccc(OC)c(NC(=O)NCC(c2ccccc2)c2ccccc2)c1. The topological polar surface area (TPSA) is 59.6 Å². The summed E-state index contributed by atoms with van der Waals surface area (Å²) in [6.45, 7) is 0.464. The highest BCUT2D eigenvalue weighted by molar-refractivity contribution is 5.91. The molecule has 0 heterocycles. The van der Waals surface area contributed by atoms with Crippen molar-refractivity contribution in [3.05, 3.63) is 90.0 Å². The summed E-state index contributed by atoms with van der Waals surface area (Å²) in [4.78, 5) is 12.5. The molecule has 0 spiro atoms. The lowest BCUT2D eigenvalue weighted by Crippen LogP contribution is -2.32. The molecule has 3 aromatic carbocycles. The predicted octanol–water partition coefficient (Wildman–Crippen LogP) is 4.66. The minimum absolute atomic E-state index is 0.0559. The van der Waals surface area contributed by atoms with Gasteiger partial charge < -0.3 is 20.1 Å². The molecule has 0 unspecified atom stereocenters. The molecule has 28 heavy (non-hydrogen) atoms. The smallest absolute Gasteiger partial charge is 0.319 e. The Morgan fingerprint density at radius 3 is 2.00 bits per heavy atom. The van der Waals surface area contributed by atoms with Gasteiger partial charge in [0.1, 0.15) is 11.5 Å². The molecule has 2 amide bonds. The van der Waals surface area contributed by atoms with E-state index in [-0.39, 0.29) is 11.9 Å². The maximum atomic E-state index is 12.5. The molecule has 0 fully saturated rings. The molecular formula is C23H24N2O3. The average Bonchev–Trinajstić information content (AvgIpc) is 2.75. The number of hydrogen-bond donors (Lipinski definition) is 2. The standard InChI is InChI=1S/C23H24N2O3/c1-27-19-13-14-22(28-2)21(15-19)25-23(26)24-16-20(17-9-5-3-6-10-17)18-11-7-4-8-12-18/h3-15,20H,16H2,1-2H3,(H2,24,25,26). The number of benzene rings is 3. The molecule has 0 bridgehead atoms. The first-order valence-electron chi connectivity index (χ1n) is 9.08. The number of carbonyl (C=O) groups excluding carboxylic acids is 1. The van der Waals surface area contributed by atoms with Crippen molar-refractivity contribution in [2.75, 3.05) is 26.1 Å². The Morgan fingerprint density at radius 2 is 1.46 bits per heavy atom. The van der Waals surface area contributed by atoms with Crippen LogP contribution >= 0.6 is 0 Å². The van der Waals surface area contributed by atoms with Crippen LogP contribution in [-0.4, -0.2) is 26.8 Å². The van der Waals surface area contributed by atoms with Crippen LogP contribution in [0.25, 0.3) is 0 Å². The van der Waals surface area contributed by atoms with Gasteiger partial charge in [-0.15, -0.1) is 0 Å². The van der Waals surface area contributed by atoms with Crippen molar-refractivity contribution >= 4 is 11.7 Å². The second-order valence-electron chi connectivity index (χ2n) is 6.28. The molecule has 3 rings (SSSR count). The van der Waals surface area contributed by atoms with Gasteiger partial charge in [0.25, 0.3) is 0 Å². The maximum absolute atomic E-state index is 12.5. The van der Waals surface area contributed by atoms with Crippen LogP contribution < -0.4 is 20.1 Å². The minimum atomic E-state index is -0.302. The Morgan fingerprint density at radius 1 is 0.857 bits per heavy atom. The van der Waals surface area contributed by atoms with Crippen molar-refractivity contribution in [3.8, 4) is 11.5 Å². The Balaban J connectivity index is 1.73. The molecule has 0 radical (unpaired) electrons. The lowest BCUT2D eigenvalue weighted by Gasteiger charge is -2.19. The summed E-state index contributed by atoms with van der Waals surface area (Å²) < 4.78 is 10.5. The molecule has 0 atom stereocenters. The van der Waals surface area contributed by atoms with Gasteiger partial charge in [-0.25, -0.2) is 4.79 Å². The van der Waals surface area contributed by atoms with E-state index in [0.29, 0.717) is 23.7 Å². The van der Waals surface area contributed by atoms with Gasteiger partial charge in [-0.05, 0) is 23.3 Å². The van der Waals surface area contributed by atoms with Crippen molar-refractivity contribution in [1.29, 1.82) is 0 Å². The Hall–Kier alpha value is -3.47. The van der Waals surface area contributed by atoms with Crippen LogP contribution in [0, 0.1) is 0 Å². The molecule has 5 heteroatoms. The monoisotopic (exact) mass is 376 g/mol. The van der Waals surface area contributed by atoms with Gasteiger partial charge in [-0.3, -0.25) is 0 Å². The number of carbonyl (C=O) groups is 1. The third kappa shape index (κ3) is 4.82. The molecular weight excluding hydrogens is 352 g/mol. The summed E-state index contributed by atoms with van der Waals surface area (Å²) in [6.07, 6.45) is 0. The van der Waals surface area contributed by atoms with E-state index in [2.05, 4.69) is 34.9 Å². The van der Waals surface area contributed by atoms with E-state index >= 15 is 0 Å². The lowest BCUT2D eigenvalue weighted by atomic mass is 9.91. The summed E-state index contributed by atoms with van der Waals surface area (Å²) in [7, 11) is 3.14. The first-order valence-corrected chi connectivity index (χ1v) is 9.08. The third-order valence-corrected chi connectivity index (χ3v) is 4.53. The van der Waals surface area contributed by atoms with Crippen LogP contribution in [0.1, 0.15) is 17.0 Å². The van der Waals surface area contributed by atoms with Crippen molar-refractivity contribution in [1.82, 2.24) is 5.32 Å². The molecule has 2 N–H and O–H groups in total. The molecule has 144 valence electrons. The number of nitrogens with one attached hydrogen (secondary N) is 2. The molecule has 0 aromatic heterocycles. The Bertz CT molecular complexity index is 859. The Labute approximate surface area is 165 Å². The fourth-order valence-electron chi connectivity index (χ4n) is 3.07. The molecule has 0 aliphatic rings. The summed E-state index contributed by atoms with van der Waals surface area (Å²) >= 11 is 0. The highest BCUT2D eigenvalue weighted by Crippen LogP contribution is 2.29. The molecule has 0 saturated carbocycles. The normalized spacial score (nSPS) is 10.4. The zero-order chi connectivity index (χ0) is 19.8. The average molecular weight is 376 g/mol. The summed E-state index contributed by atoms with van der Waals surface area (Å²) in [5.74, 6) is 1.27. The van der Waals surface area contributed by atoms with Crippen LogP contribution in [0.2, 0.25) is 0 Å². The molecule has 0 aliphatic heterocycles. The second-order valence-corrected chi connectivity index (χ2v) is 6.28. The summed E-state index contributed by atoms with van der Waals surface area (Å²) in [6, 6.07) is 25.2. The van der Waals surface area contributed by atoms with Crippen LogP contribution in [0.15, 0.2) is 78.9 Å². The van der Waals surface area contributed by atoms with Gasteiger partial charge >= 0.3 is 6.03 Å². The second kappa shape index (κ2) is 9.46. The highest BCUT2D eigenvalue weighted by atomic mass is 16.5. The van der Waals surface area contributed by atoms with E-state index in [0.717, 1.165) is 11.1 Å². The fraction of sp³-hybridized carbons (Fsp3) is 0.174. The van der Waals surface area contributed by atoms with Gasteiger partial charge in [0, 0.05) is 18.5 Å². The number of ether oxygens (including phenoxy) is 2. The van der Waals surface area contributed by atoms with E-state index in [1.165, 1.54) is 0 Å². The van der Waals surface area contributed by atoms with E-state index in [9.17, 15) is 4.79 Å². The van der Waals surface area contributed by atoms with E-state index in [1.54, 1.807) is 32.4 Å². The number of urea groups is 1. The number of hydrogen-bond acceptors (Lipinski definition) is 3. The number of methoxy groups -OCH3 is 2. The highest BCUT2D eigenvalue weighted by Gasteiger charge is 2.16. The van der Waals surface area contributed by atoms with Gasteiger partial charge in [-0.2, -0.15) is 0 Å². The fourth-order valence-corrected chi connectivity index (χ4v) is 3.07. The van der Waals surface area contributed by atoms with Crippen LogP contribution in [-0.2, 0) is 0 Å². The summed E-state index contributed by atoms with van der Waals surface area (Å²) in [5, 5.41) is 5.81. The van der Waals surface area contributed by atoms with E-state index in [1.807, 2.05) is 36.4 Å². The van der Waals surface area contributed by atoms with Gasteiger partial charge in [0.15, 0.2) is 0 Å². The number of amides is 2. The molecule has 3 aromatic rings. The van der Waals surface area contributed by atoms with Crippen molar-refractivity contribution < 1.29 is 14.3 Å². The van der Waals surface area contributed by atoms with E-state index in [4.69, 9.17) is 9.47 Å². The first-order chi connectivity index (χ1) is 13.7. The van der Waals surface area contributed by atoms with Gasteiger partial charge in [-0.1, -0.05) is 60.7 Å². The lowest BCUT2D eigenvalue weighted by molar-refractivity contribution is 0.251. The number of rotatable bonds is 7. The van der Waals surface area contributed by atoms with E-state index < -0.39 is 0 Å². The zero-order valence-corrected chi connectivity index (χ0v) is 16.0. The zero-order valence-electron chi connectivity index (χ0n) is 16.0. The minimum Gasteiger partial charge on any atom is -0.497 e. The van der Waals surface area contributed by atoms with Crippen molar-refractivity contribution in [2.45, 2.75) is 5.92 Å². The van der Waals surface area contributed by atoms with Crippen molar-refractivity contribution in [2.24, 2.45) is 0 Å². The summed E-state index contributed by atoms with van der Waals surface area (Å²) in [5.41, 5.74) is 2.84. The predicted molar refractivity (Wildman–Crippen MR) is 111 cm³/mol. The van der Waals surface area contributed by atoms with Crippen LogP contribution in [0.5, 0.6) is 11.5 Å². The largest absolute Gasteiger partial charge is 0.497 e. The van der Waals surface area contributed by atoms with Crippen molar-refractivity contribution in [3.63, 3.8) is 0 Å². The maximum Gasteiger partial charge on any atom is 0.319 e. The first kappa shape index (κ1) is 19.3. The quantitative estimate of drug-likeness (QED) is 0.631. The van der Waals surface area contributed by atoms with Gasteiger partial charge in [0.05, 0.1) is 19.9 Å². The molecule has 5 nitrogen and oxygen atoms in total.